The van der Waals surface area contributed by atoms with Crippen molar-refractivity contribution < 1.29 is 4.79 Å². The predicted octanol–water partition coefficient (Wildman–Crippen LogP) is 2.29. The molecule has 0 aliphatic carbocycles. The monoisotopic (exact) mass is 445 g/mol. The zero-order valence-corrected chi connectivity index (χ0v) is 19.4. The standard InChI is InChI=1S/C25H31N7O/c1-20-26-23(30-13-11-28(2)12-14-30)19-24(27-20)31-15-17-32(18-16-31)25(33)21-5-7-22(8-6-21)29-9-3-4-10-29/h3-10,19H,11-18H2,1-2H3. The number of hydrogen-bond acceptors (Lipinski definition) is 6. The van der Waals surface area contributed by atoms with Gasteiger partial charge >= 0.3 is 0 Å². The predicted molar refractivity (Wildman–Crippen MR) is 130 cm³/mol. The van der Waals surface area contributed by atoms with Crippen molar-refractivity contribution in [1.29, 1.82) is 0 Å². The lowest BCUT2D eigenvalue weighted by Gasteiger charge is -2.37. The molecule has 0 atom stereocenters. The molecule has 0 bridgehead atoms. The number of amides is 1. The number of piperazine rings is 2. The van der Waals surface area contributed by atoms with E-state index < -0.39 is 0 Å². The largest absolute Gasteiger partial charge is 0.354 e. The van der Waals surface area contributed by atoms with Gasteiger partial charge in [-0.15, -0.1) is 0 Å². The molecule has 172 valence electrons. The minimum atomic E-state index is 0.0886. The molecule has 2 aromatic heterocycles. The Labute approximate surface area is 195 Å². The van der Waals surface area contributed by atoms with Gasteiger partial charge in [0.2, 0.25) is 0 Å². The van der Waals surface area contributed by atoms with E-state index in [1.54, 1.807) is 0 Å². The van der Waals surface area contributed by atoms with Gasteiger partial charge in [-0.1, -0.05) is 0 Å². The van der Waals surface area contributed by atoms with Crippen LogP contribution in [0.4, 0.5) is 11.6 Å². The van der Waals surface area contributed by atoms with Crippen molar-refractivity contribution in [2.24, 2.45) is 0 Å². The molecular formula is C25H31N7O. The first-order valence-corrected chi connectivity index (χ1v) is 11.6. The summed E-state index contributed by atoms with van der Waals surface area (Å²) in [5.41, 5.74) is 1.78. The highest BCUT2D eigenvalue weighted by molar-refractivity contribution is 5.94. The van der Waals surface area contributed by atoms with Crippen LogP contribution in [0.2, 0.25) is 0 Å². The van der Waals surface area contributed by atoms with Crippen molar-refractivity contribution in [1.82, 2.24) is 24.3 Å². The fourth-order valence-electron chi connectivity index (χ4n) is 4.50. The van der Waals surface area contributed by atoms with E-state index in [0.29, 0.717) is 13.1 Å². The van der Waals surface area contributed by atoms with Crippen molar-refractivity contribution in [2.45, 2.75) is 6.92 Å². The van der Waals surface area contributed by atoms with Crippen LogP contribution >= 0.6 is 0 Å². The smallest absolute Gasteiger partial charge is 0.253 e. The minimum Gasteiger partial charge on any atom is -0.354 e. The molecule has 8 nitrogen and oxygen atoms in total. The maximum Gasteiger partial charge on any atom is 0.253 e. The fourth-order valence-corrected chi connectivity index (χ4v) is 4.50. The first-order chi connectivity index (χ1) is 16.1. The molecule has 8 heteroatoms. The highest BCUT2D eigenvalue weighted by Gasteiger charge is 2.24. The third-order valence-corrected chi connectivity index (χ3v) is 6.55. The van der Waals surface area contributed by atoms with Crippen molar-refractivity contribution in [3.05, 3.63) is 66.2 Å². The van der Waals surface area contributed by atoms with E-state index >= 15 is 0 Å². The Morgan fingerprint density at radius 2 is 1.33 bits per heavy atom. The van der Waals surface area contributed by atoms with Gasteiger partial charge < -0.3 is 24.2 Å². The molecule has 0 radical (unpaired) electrons. The van der Waals surface area contributed by atoms with Crippen LogP contribution in [0.3, 0.4) is 0 Å². The minimum absolute atomic E-state index is 0.0886. The molecule has 2 fully saturated rings. The number of hydrogen-bond donors (Lipinski definition) is 0. The number of likely N-dealkylation sites (N-methyl/N-ethyl adjacent to an activating group) is 1. The zero-order valence-electron chi connectivity index (χ0n) is 19.4. The lowest BCUT2D eigenvalue weighted by atomic mass is 10.1. The molecule has 1 amide bonds. The molecular weight excluding hydrogens is 414 g/mol. The summed E-state index contributed by atoms with van der Waals surface area (Å²) < 4.78 is 2.03. The van der Waals surface area contributed by atoms with Crippen molar-refractivity contribution in [3.63, 3.8) is 0 Å². The third kappa shape index (κ3) is 4.71. The van der Waals surface area contributed by atoms with Gasteiger partial charge in [0, 0.05) is 82.1 Å². The molecule has 0 unspecified atom stereocenters. The molecule has 0 spiro atoms. The van der Waals surface area contributed by atoms with Crippen LogP contribution in [0.25, 0.3) is 5.69 Å². The molecule has 0 saturated carbocycles. The molecule has 1 aromatic carbocycles. The fraction of sp³-hybridized carbons (Fsp3) is 0.400. The molecule has 5 rings (SSSR count). The molecule has 4 heterocycles. The number of carbonyl (C=O) groups excluding carboxylic acids is 1. The molecule has 2 saturated heterocycles. The maximum atomic E-state index is 13.0. The van der Waals surface area contributed by atoms with E-state index in [-0.39, 0.29) is 5.91 Å². The summed E-state index contributed by atoms with van der Waals surface area (Å²) in [5.74, 6) is 2.85. The number of nitrogens with zero attached hydrogens (tertiary/aromatic N) is 7. The summed E-state index contributed by atoms with van der Waals surface area (Å²) in [7, 11) is 2.16. The van der Waals surface area contributed by atoms with Gasteiger partial charge in [0.05, 0.1) is 0 Å². The average Bonchev–Trinajstić information content (AvgIpc) is 3.39. The van der Waals surface area contributed by atoms with E-state index in [9.17, 15) is 4.79 Å². The Balaban J connectivity index is 1.22. The Bertz CT molecular complexity index is 1080. The van der Waals surface area contributed by atoms with Crippen LogP contribution in [0, 0.1) is 6.92 Å². The number of benzene rings is 1. The summed E-state index contributed by atoms with van der Waals surface area (Å²) in [6.07, 6.45) is 4.00. The van der Waals surface area contributed by atoms with Crippen LogP contribution in [0.5, 0.6) is 0 Å². The molecule has 2 aliphatic heterocycles. The van der Waals surface area contributed by atoms with Gasteiger partial charge in [0.15, 0.2) is 0 Å². The third-order valence-electron chi connectivity index (χ3n) is 6.55. The molecule has 2 aliphatic rings. The van der Waals surface area contributed by atoms with Gasteiger partial charge in [0.1, 0.15) is 17.5 Å². The summed E-state index contributed by atoms with van der Waals surface area (Å²) in [6, 6.07) is 13.9. The first kappa shape index (κ1) is 21.5. The van der Waals surface area contributed by atoms with E-state index in [2.05, 4.69) is 32.8 Å². The van der Waals surface area contributed by atoms with Crippen LogP contribution in [0.1, 0.15) is 16.2 Å². The van der Waals surface area contributed by atoms with E-state index in [4.69, 9.17) is 4.98 Å². The average molecular weight is 446 g/mol. The van der Waals surface area contributed by atoms with E-state index in [1.807, 2.05) is 65.2 Å². The molecule has 33 heavy (non-hydrogen) atoms. The van der Waals surface area contributed by atoms with Crippen molar-refractivity contribution in [2.75, 3.05) is 69.2 Å². The van der Waals surface area contributed by atoms with Gasteiger partial charge in [-0.3, -0.25) is 4.79 Å². The van der Waals surface area contributed by atoms with Crippen LogP contribution in [-0.4, -0.2) is 89.6 Å². The second-order valence-corrected chi connectivity index (χ2v) is 8.84. The van der Waals surface area contributed by atoms with E-state index in [1.165, 1.54) is 0 Å². The Morgan fingerprint density at radius 1 is 0.788 bits per heavy atom. The lowest BCUT2D eigenvalue weighted by Crippen LogP contribution is -2.49. The normalized spacial score (nSPS) is 17.5. The number of rotatable bonds is 4. The molecule has 0 N–H and O–H groups in total. The quantitative estimate of drug-likeness (QED) is 0.614. The number of aromatic nitrogens is 3. The van der Waals surface area contributed by atoms with Crippen LogP contribution in [0.15, 0.2) is 54.9 Å². The van der Waals surface area contributed by atoms with Crippen molar-refractivity contribution >= 4 is 17.5 Å². The summed E-state index contributed by atoms with van der Waals surface area (Å²) in [5, 5.41) is 0. The number of anilines is 2. The Morgan fingerprint density at radius 3 is 1.91 bits per heavy atom. The summed E-state index contributed by atoms with van der Waals surface area (Å²) >= 11 is 0. The Kier molecular flexibility index (Phi) is 6.00. The highest BCUT2D eigenvalue weighted by Crippen LogP contribution is 2.22. The topological polar surface area (TPSA) is 60.7 Å². The second-order valence-electron chi connectivity index (χ2n) is 8.84. The molecule has 3 aromatic rings. The van der Waals surface area contributed by atoms with Crippen LogP contribution < -0.4 is 9.80 Å². The second kappa shape index (κ2) is 9.23. The number of carbonyl (C=O) groups is 1. The van der Waals surface area contributed by atoms with Gasteiger partial charge in [-0.2, -0.15) is 0 Å². The first-order valence-electron chi connectivity index (χ1n) is 11.6. The number of aryl methyl sites for hydroxylation is 1. The summed E-state index contributed by atoms with van der Waals surface area (Å²) in [4.78, 5) is 31.3. The van der Waals surface area contributed by atoms with Crippen molar-refractivity contribution in [3.8, 4) is 5.69 Å². The zero-order chi connectivity index (χ0) is 22.8. The van der Waals surface area contributed by atoms with Gasteiger partial charge in [-0.25, -0.2) is 9.97 Å². The van der Waals surface area contributed by atoms with E-state index in [0.717, 1.165) is 68.0 Å². The lowest BCUT2D eigenvalue weighted by molar-refractivity contribution is 0.0746. The van der Waals surface area contributed by atoms with Crippen LogP contribution in [-0.2, 0) is 0 Å². The highest BCUT2D eigenvalue weighted by atomic mass is 16.2. The Hall–Kier alpha value is -3.39. The maximum absolute atomic E-state index is 13.0. The summed E-state index contributed by atoms with van der Waals surface area (Å²) in [6.45, 7) is 8.93. The SMILES string of the molecule is Cc1nc(N2CCN(C)CC2)cc(N2CCN(C(=O)c3ccc(-n4cccc4)cc3)CC2)n1. The van der Waals surface area contributed by atoms with Gasteiger partial charge in [0.25, 0.3) is 5.91 Å². The van der Waals surface area contributed by atoms with Gasteiger partial charge in [-0.05, 0) is 50.4 Å².